The van der Waals surface area contributed by atoms with E-state index in [1.54, 1.807) is 6.07 Å². The van der Waals surface area contributed by atoms with Gasteiger partial charge in [-0.2, -0.15) is 0 Å². The Bertz CT molecular complexity index is 412. The predicted octanol–water partition coefficient (Wildman–Crippen LogP) is 4.09. The summed E-state index contributed by atoms with van der Waals surface area (Å²) in [6, 6.07) is 3.57. The molecule has 0 aliphatic heterocycles. The fraction of sp³-hybridized carbons (Fsp3) is 0.643. The zero-order valence-electron chi connectivity index (χ0n) is 11.0. The van der Waals surface area contributed by atoms with Crippen LogP contribution in [0.25, 0.3) is 0 Å². The molecule has 0 bridgehead atoms. The third-order valence-corrected chi connectivity index (χ3v) is 5.12. The maximum atomic E-state index is 12.3. The highest BCUT2D eigenvalue weighted by Crippen LogP contribution is 2.27. The standard InChI is InChI=1S/C14H20ClNOS/c1-10(14(17)12-7-8-13(15)18-12)16(2)9-11-5-3-4-6-11/h7-8,10-11H,3-6,9H2,1-2H3. The Morgan fingerprint density at radius 1 is 1.50 bits per heavy atom. The summed E-state index contributed by atoms with van der Waals surface area (Å²) < 4.78 is 0.684. The molecule has 2 nitrogen and oxygen atoms in total. The molecule has 1 heterocycles. The van der Waals surface area contributed by atoms with E-state index in [-0.39, 0.29) is 11.8 Å². The zero-order chi connectivity index (χ0) is 13.1. The third-order valence-electron chi connectivity index (χ3n) is 3.88. The number of Topliss-reactive ketones (excluding diaryl/α,β-unsaturated/α-hetero) is 1. The second-order valence-corrected chi connectivity index (χ2v) is 6.95. The normalized spacial score (nSPS) is 18.4. The topological polar surface area (TPSA) is 20.3 Å². The van der Waals surface area contributed by atoms with Gasteiger partial charge in [0.1, 0.15) is 0 Å². The number of hydrogen-bond donors (Lipinski definition) is 0. The first kappa shape index (κ1) is 14.0. The molecule has 4 heteroatoms. The fourth-order valence-electron chi connectivity index (χ4n) is 2.61. The van der Waals surface area contributed by atoms with E-state index in [1.807, 2.05) is 13.0 Å². The summed E-state index contributed by atoms with van der Waals surface area (Å²) in [5, 5.41) is 0. The number of ketones is 1. The lowest BCUT2D eigenvalue weighted by Crippen LogP contribution is -2.38. The number of likely N-dealkylation sites (N-methyl/N-ethyl adjacent to an activating group) is 1. The minimum atomic E-state index is -0.0553. The first-order chi connectivity index (χ1) is 8.58. The van der Waals surface area contributed by atoms with Crippen LogP contribution in [0.2, 0.25) is 4.34 Å². The number of nitrogens with zero attached hydrogens (tertiary/aromatic N) is 1. The number of hydrogen-bond acceptors (Lipinski definition) is 3. The van der Waals surface area contributed by atoms with Gasteiger partial charge >= 0.3 is 0 Å². The van der Waals surface area contributed by atoms with Crippen LogP contribution in [0.5, 0.6) is 0 Å². The smallest absolute Gasteiger partial charge is 0.189 e. The monoisotopic (exact) mass is 285 g/mol. The van der Waals surface area contributed by atoms with Gasteiger partial charge in [-0.25, -0.2) is 0 Å². The van der Waals surface area contributed by atoms with Gasteiger partial charge in [0, 0.05) is 6.54 Å². The number of halogens is 1. The fourth-order valence-corrected chi connectivity index (χ4v) is 3.68. The Labute approximate surface area is 118 Å². The van der Waals surface area contributed by atoms with Gasteiger partial charge in [-0.1, -0.05) is 24.4 Å². The number of carbonyl (C=O) groups excluding carboxylic acids is 1. The summed E-state index contributed by atoms with van der Waals surface area (Å²) >= 11 is 7.25. The van der Waals surface area contributed by atoms with E-state index < -0.39 is 0 Å². The van der Waals surface area contributed by atoms with Crippen molar-refractivity contribution in [1.82, 2.24) is 4.90 Å². The molecule has 18 heavy (non-hydrogen) atoms. The molecule has 1 atom stereocenters. The van der Waals surface area contributed by atoms with Crippen LogP contribution in [-0.2, 0) is 0 Å². The molecule has 0 saturated heterocycles. The predicted molar refractivity (Wildman–Crippen MR) is 77.7 cm³/mol. The van der Waals surface area contributed by atoms with Crippen molar-refractivity contribution in [2.45, 2.75) is 38.6 Å². The van der Waals surface area contributed by atoms with Crippen molar-refractivity contribution < 1.29 is 4.79 Å². The first-order valence-electron chi connectivity index (χ1n) is 6.57. The largest absolute Gasteiger partial charge is 0.296 e. The van der Waals surface area contributed by atoms with E-state index >= 15 is 0 Å². The SMILES string of the molecule is CC(C(=O)c1ccc(Cl)s1)N(C)CC1CCCC1. The van der Waals surface area contributed by atoms with Crippen LogP contribution in [0.4, 0.5) is 0 Å². The first-order valence-corrected chi connectivity index (χ1v) is 7.77. The molecule has 0 N–H and O–H groups in total. The lowest BCUT2D eigenvalue weighted by molar-refractivity contribution is 0.0857. The van der Waals surface area contributed by atoms with Crippen LogP contribution in [0, 0.1) is 5.92 Å². The van der Waals surface area contributed by atoms with Crippen LogP contribution >= 0.6 is 22.9 Å². The number of carbonyl (C=O) groups is 1. The Morgan fingerprint density at radius 2 is 2.17 bits per heavy atom. The van der Waals surface area contributed by atoms with Gasteiger partial charge in [0.15, 0.2) is 5.78 Å². The van der Waals surface area contributed by atoms with Gasteiger partial charge in [-0.05, 0) is 44.9 Å². The van der Waals surface area contributed by atoms with E-state index in [0.717, 1.165) is 17.3 Å². The minimum absolute atomic E-state index is 0.0553. The molecule has 1 aromatic heterocycles. The van der Waals surface area contributed by atoms with Gasteiger partial charge in [0.05, 0.1) is 15.3 Å². The van der Waals surface area contributed by atoms with Crippen molar-refractivity contribution >= 4 is 28.7 Å². The Morgan fingerprint density at radius 3 is 2.72 bits per heavy atom. The Hall–Kier alpha value is -0.380. The molecular weight excluding hydrogens is 266 g/mol. The van der Waals surface area contributed by atoms with E-state index in [4.69, 9.17) is 11.6 Å². The number of thiophene rings is 1. The van der Waals surface area contributed by atoms with Crippen LogP contribution in [0.1, 0.15) is 42.3 Å². The van der Waals surface area contributed by atoms with Crippen molar-refractivity contribution in [2.75, 3.05) is 13.6 Å². The second-order valence-electron chi connectivity index (χ2n) is 5.23. The van der Waals surface area contributed by atoms with E-state index in [0.29, 0.717) is 4.34 Å². The molecule has 0 radical (unpaired) electrons. The third kappa shape index (κ3) is 3.34. The van der Waals surface area contributed by atoms with E-state index in [9.17, 15) is 4.79 Å². The highest BCUT2D eigenvalue weighted by Gasteiger charge is 2.24. The summed E-state index contributed by atoms with van der Waals surface area (Å²) in [4.78, 5) is 15.2. The van der Waals surface area contributed by atoms with Gasteiger partial charge in [-0.15, -0.1) is 11.3 Å². The average Bonchev–Trinajstić information content (AvgIpc) is 2.98. The second kappa shape index (κ2) is 6.18. The summed E-state index contributed by atoms with van der Waals surface area (Å²) in [7, 11) is 2.05. The molecule has 1 fully saturated rings. The van der Waals surface area contributed by atoms with Crippen LogP contribution in [0.15, 0.2) is 12.1 Å². The van der Waals surface area contributed by atoms with Crippen LogP contribution < -0.4 is 0 Å². The minimum Gasteiger partial charge on any atom is -0.296 e. The summed E-state index contributed by atoms with van der Waals surface area (Å²) in [5.74, 6) is 0.963. The summed E-state index contributed by atoms with van der Waals surface area (Å²) in [6.45, 7) is 3.02. The van der Waals surface area contributed by atoms with Crippen molar-refractivity contribution in [3.05, 3.63) is 21.3 Å². The molecule has 1 saturated carbocycles. The van der Waals surface area contributed by atoms with Crippen molar-refractivity contribution in [1.29, 1.82) is 0 Å². The van der Waals surface area contributed by atoms with Crippen LogP contribution in [0.3, 0.4) is 0 Å². The molecule has 0 amide bonds. The summed E-state index contributed by atoms with van der Waals surface area (Å²) in [6.07, 6.45) is 5.33. The molecule has 1 aromatic rings. The van der Waals surface area contributed by atoms with E-state index in [1.165, 1.54) is 37.0 Å². The Kier molecular flexibility index (Phi) is 4.82. The van der Waals surface area contributed by atoms with Gasteiger partial charge in [0.25, 0.3) is 0 Å². The quantitative estimate of drug-likeness (QED) is 0.759. The molecule has 1 aliphatic carbocycles. The maximum absolute atomic E-state index is 12.3. The maximum Gasteiger partial charge on any atom is 0.189 e. The molecule has 2 rings (SSSR count). The van der Waals surface area contributed by atoms with Gasteiger partial charge in [0.2, 0.25) is 0 Å². The highest BCUT2D eigenvalue weighted by atomic mass is 35.5. The van der Waals surface area contributed by atoms with Gasteiger partial charge < -0.3 is 0 Å². The van der Waals surface area contributed by atoms with Crippen LogP contribution in [-0.4, -0.2) is 30.3 Å². The van der Waals surface area contributed by atoms with Crippen molar-refractivity contribution in [2.24, 2.45) is 5.92 Å². The number of rotatable bonds is 5. The van der Waals surface area contributed by atoms with Crippen molar-refractivity contribution in [3.63, 3.8) is 0 Å². The lowest BCUT2D eigenvalue weighted by Gasteiger charge is -2.26. The Balaban J connectivity index is 1.92. The highest BCUT2D eigenvalue weighted by molar-refractivity contribution is 7.18. The molecule has 1 unspecified atom stereocenters. The summed E-state index contributed by atoms with van der Waals surface area (Å²) in [5.41, 5.74) is 0. The average molecular weight is 286 g/mol. The molecular formula is C14H20ClNOS. The van der Waals surface area contributed by atoms with E-state index in [2.05, 4.69) is 11.9 Å². The van der Waals surface area contributed by atoms with Crippen molar-refractivity contribution in [3.8, 4) is 0 Å². The zero-order valence-corrected chi connectivity index (χ0v) is 12.6. The molecule has 1 aliphatic rings. The molecule has 0 spiro atoms. The lowest BCUT2D eigenvalue weighted by atomic mass is 10.1. The molecule has 0 aromatic carbocycles. The molecule has 100 valence electrons. The van der Waals surface area contributed by atoms with Gasteiger partial charge in [-0.3, -0.25) is 9.69 Å².